The highest BCUT2D eigenvalue weighted by atomic mass is 16.3. The van der Waals surface area contributed by atoms with Gasteiger partial charge in [0.1, 0.15) is 0 Å². The van der Waals surface area contributed by atoms with Crippen LogP contribution in [0.5, 0.6) is 0 Å². The largest absolute Gasteiger partial charge is 0.459 e. The van der Waals surface area contributed by atoms with Gasteiger partial charge >= 0.3 is 0 Å². The van der Waals surface area contributed by atoms with Crippen LogP contribution < -0.4 is 5.56 Å². The van der Waals surface area contributed by atoms with Crippen LogP contribution in [0.4, 0.5) is 0 Å². The van der Waals surface area contributed by atoms with E-state index < -0.39 is 0 Å². The number of aromatic amines is 1. The van der Waals surface area contributed by atoms with Gasteiger partial charge in [-0.3, -0.25) is 9.59 Å². The zero-order chi connectivity index (χ0) is 18.7. The number of benzene rings is 1. The Balaban J connectivity index is 1.95. The first-order valence-corrected chi connectivity index (χ1v) is 8.57. The summed E-state index contributed by atoms with van der Waals surface area (Å²) in [5.41, 5.74) is 3.25. The summed E-state index contributed by atoms with van der Waals surface area (Å²) < 4.78 is 5.18. The molecule has 3 aromatic rings. The Morgan fingerprint density at radius 1 is 1.27 bits per heavy atom. The van der Waals surface area contributed by atoms with E-state index in [-0.39, 0.29) is 30.4 Å². The molecule has 0 aliphatic rings. The summed E-state index contributed by atoms with van der Waals surface area (Å²) >= 11 is 0. The molecule has 2 aromatic heterocycles. The molecule has 1 aromatic carbocycles. The summed E-state index contributed by atoms with van der Waals surface area (Å²) in [7, 11) is 0. The molecule has 26 heavy (non-hydrogen) atoms. The topological polar surface area (TPSA) is 86.5 Å². The van der Waals surface area contributed by atoms with Crippen molar-refractivity contribution < 1.29 is 14.3 Å². The van der Waals surface area contributed by atoms with Crippen molar-refractivity contribution in [2.45, 2.75) is 26.8 Å². The molecule has 6 heteroatoms. The molecule has 0 aliphatic carbocycles. The van der Waals surface area contributed by atoms with Crippen LogP contribution in [0, 0.1) is 13.8 Å². The lowest BCUT2D eigenvalue weighted by Gasteiger charge is -2.21. The SMILES string of the molecule is Cc1ccc2cc(CN(CCCO)C(=O)c3ccco3)c(=O)[nH]c2c1C. The number of fused-ring (bicyclic) bond motifs is 1. The Morgan fingerprint density at radius 2 is 2.08 bits per heavy atom. The highest BCUT2D eigenvalue weighted by Crippen LogP contribution is 2.19. The van der Waals surface area contributed by atoms with E-state index in [1.165, 1.54) is 11.2 Å². The summed E-state index contributed by atoms with van der Waals surface area (Å²) in [5.74, 6) is -0.0883. The summed E-state index contributed by atoms with van der Waals surface area (Å²) in [6.07, 6.45) is 1.86. The maximum absolute atomic E-state index is 12.6. The maximum Gasteiger partial charge on any atom is 0.289 e. The summed E-state index contributed by atoms with van der Waals surface area (Å²) in [6.45, 7) is 4.42. The predicted octanol–water partition coefficient (Wildman–Crippen LogP) is 2.76. The quantitative estimate of drug-likeness (QED) is 0.713. The molecule has 0 aliphatic heterocycles. The number of rotatable bonds is 6. The van der Waals surface area contributed by atoms with Gasteiger partial charge in [-0.05, 0) is 55.0 Å². The number of nitrogens with zero attached hydrogens (tertiary/aromatic N) is 1. The van der Waals surface area contributed by atoms with Crippen molar-refractivity contribution in [1.82, 2.24) is 9.88 Å². The van der Waals surface area contributed by atoms with Crippen molar-refractivity contribution in [3.05, 3.63) is 69.4 Å². The average molecular weight is 354 g/mol. The molecule has 0 spiro atoms. The lowest BCUT2D eigenvalue weighted by atomic mass is 10.0. The number of aliphatic hydroxyl groups is 1. The zero-order valence-electron chi connectivity index (χ0n) is 14.9. The number of carbonyl (C=O) groups is 1. The number of amides is 1. The first kappa shape index (κ1) is 17.9. The van der Waals surface area contributed by atoms with E-state index in [0.717, 1.165) is 22.0 Å². The second-order valence-electron chi connectivity index (χ2n) is 6.38. The van der Waals surface area contributed by atoms with Gasteiger partial charge in [-0.2, -0.15) is 0 Å². The van der Waals surface area contributed by atoms with E-state index in [2.05, 4.69) is 4.98 Å². The number of aryl methyl sites for hydroxylation is 2. The van der Waals surface area contributed by atoms with Crippen LogP contribution in [0.25, 0.3) is 10.9 Å². The van der Waals surface area contributed by atoms with Crippen LogP contribution in [0.2, 0.25) is 0 Å². The third-order valence-electron chi connectivity index (χ3n) is 4.59. The van der Waals surface area contributed by atoms with Crippen LogP contribution in [0.15, 0.2) is 45.8 Å². The second kappa shape index (κ2) is 7.58. The Hall–Kier alpha value is -2.86. The lowest BCUT2D eigenvalue weighted by molar-refractivity contribution is 0.0699. The van der Waals surface area contributed by atoms with Gasteiger partial charge in [0.2, 0.25) is 0 Å². The standard InChI is InChI=1S/C20H22N2O4/c1-13-6-7-15-11-16(19(24)21-18(15)14(13)2)12-22(8-4-9-23)20(25)17-5-3-10-26-17/h3,5-7,10-11,23H,4,8-9,12H2,1-2H3,(H,21,24). The number of carbonyl (C=O) groups excluding carboxylic acids is 1. The number of hydrogen-bond donors (Lipinski definition) is 2. The van der Waals surface area contributed by atoms with Gasteiger partial charge < -0.3 is 19.4 Å². The molecule has 3 rings (SSSR count). The molecule has 0 unspecified atom stereocenters. The van der Waals surface area contributed by atoms with Gasteiger partial charge in [-0.1, -0.05) is 12.1 Å². The molecule has 0 fully saturated rings. The Bertz CT molecular complexity index is 973. The summed E-state index contributed by atoms with van der Waals surface area (Å²) in [5, 5.41) is 10.0. The van der Waals surface area contributed by atoms with Gasteiger partial charge in [0.05, 0.1) is 18.3 Å². The molecule has 0 saturated heterocycles. The van der Waals surface area contributed by atoms with E-state index in [0.29, 0.717) is 18.5 Å². The minimum Gasteiger partial charge on any atom is -0.459 e. The van der Waals surface area contributed by atoms with Crippen LogP contribution in [0.1, 0.15) is 33.7 Å². The Morgan fingerprint density at radius 3 is 2.77 bits per heavy atom. The first-order valence-electron chi connectivity index (χ1n) is 8.57. The molecule has 0 atom stereocenters. The number of H-pyrrole nitrogens is 1. The number of hydrogen-bond acceptors (Lipinski definition) is 4. The average Bonchev–Trinajstić information content (AvgIpc) is 3.17. The van der Waals surface area contributed by atoms with Crippen molar-refractivity contribution in [3.8, 4) is 0 Å². The van der Waals surface area contributed by atoms with Gasteiger partial charge in [0, 0.05) is 18.7 Å². The highest BCUT2D eigenvalue weighted by molar-refractivity contribution is 5.91. The minimum atomic E-state index is -0.303. The van der Waals surface area contributed by atoms with Crippen LogP contribution in [-0.2, 0) is 6.54 Å². The van der Waals surface area contributed by atoms with E-state index in [9.17, 15) is 9.59 Å². The smallest absolute Gasteiger partial charge is 0.289 e. The van der Waals surface area contributed by atoms with Gasteiger partial charge in [0.15, 0.2) is 5.76 Å². The number of aliphatic hydroxyl groups excluding tert-OH is 1. The molecule has 0 saturated carbocycles. The number of furan rings is 1. The number of aromatic nitrogens is 1. The molecule has 6 nitrogen and oxygen atoms in total. The van der Waals surface area contributed by atoms with E-state index >= 15 is 0 Å². The molecule has 2 N–H and O–H groups in total. The van der Waals surface area contributed by atoms with Crippen molar-refractivity contribution in [2.75, 3.05) is 13.2 Å². The molecular weight excluding hydrogens is 332 g/mol. The highest BCUT2D eigenvalue weighted by Gasteiger charge is 2.20. The normalized spacial score (nSPS) is 11.0. The van der Waals surface area contributed by atoms with Crippen LogP contribution in [0.3, 0.4) is 0 Å². The van der Waals surface area contributed by atoms with E-state index in [1.54, 1.807) is 12.1 Å². The molecule has 136 valence electrons. The summed E-state index contributed by atoms with van der Waals surface area (Å²) in [6, 6.07) is 9.03. The Kier molecular flexibility index (Phi) is 5.23. The van der Waals surface area contributed by atoms with Crippen molar-refractivity contribution in [3.63, 3.8) is 0 Å². The second-order valence-corrected chi connectivity index (χ2v) is 6.38. The maximum atomic E-state index is 12.6. The van der Waals surface area contributed by atoms with Gasteiger partial charge in [0.25, 0.3) is 11.5 Å². The van der Waals surface area contributed by atoms with Crippen molar-refractivity contribution >= 4 is 16.8 Å². The van der Waals surface area contributed by atoms with Crippen LogP contribution in [-0.4, -0.2) is 34.0 Å². The fraction of sp³-hybridized carbons (Fsp3) is 0.300. The fourth-order valence-electron chi connectivity index (χ4n) is 2.96. The molecule has 2 heterocycles. The van der Waals surface area contributed by atoms with Crippen molar-refractivity contribution in [2.24, 2.45) is 0 Å². The Labute approximate surface area is 151 Å². The van der Waals surface area contributed by atoms with E-state index in [4.69, 9.17) is 9.52 Å². The lowest BCUT2D eigenvalue weighted by Crippen LogP contribution is -2.34. The zero-order valence-corrected chi connectivity index (χ0v) is 14.9. The minimum absolute atomic E-state index is 0.0333. The van der Waals surface area contributed by atoms with Gasteiger partial charge in [-0.25, -0.2) is 0 Å². The number of nitrogens with one attached hydrogen (secondary N) is 1. The molecule has 0 radical (unpaired) electrons. The molecular formula is C20H22N2O4. The molecule has 0 bridgehead atoms. The third kappa shape index (κ3) is 3.55. The number of pyridine rings is 1. The predicted molar refractivity (Wildman–Crippen MR) is 99.2 cm³/mol. The van der Waals surface area contributed by atoms with E-state index in [1.807, 2.05) is 32.0 Å². The monoisotopic (exact) mass is 354 g/mol. The summed E-state index contributed by atoms with van der Waals surface area (Å²) in [4.78, 5) is 29.6. The fourth-order valence-corrected chi connectivity index (χ4v) is 2.96. The third-order valence-corrected chi connectivity index (χ3v) is 4.59. The van der Waals surface area contributed by atoms with Crippen LogP contribution >= 0.6 is 0 Å². The van der Waals surface area contributed by atoms with Crippen molar-refractivity contribution in [1.29, 1.82) is 0 Å². The van der Waals surface area contributed by atoms with Gasteiger partial charge in [-0.15, -0.1) is 0 Å². The molecule has 1 amide bonds. The first-order chi connectivity index (χ1) is 12.5.